The molecule has 0 bridgehead atoms. The average molecular weight is 428 g/mol. The Morgan fingerprint density at radius 1 is 1.38 bits per heavy atom. The molecular weight excluding hydrogens is 398 g/mol. The molecule has 0 aromatic heterocycles. The van der Waals surface area contributed by atoms with Crippen LogP contribution in [0.3, 0.4) is 0 Å². The lowest BCUT2D eigenvalue weighted by Crippen LogP contribution is -2.38. The summed E-state index contributed by atoms with van der Waals surface area (Å²) in [6.45, 7) is 7.52. The first-order chi connectivity index (χ1) is 12.7. The Labute approximate surface area is 164 Å². The third kappa shape index (κ3) is 7.51. The molecule has 0 spiro atoms. The molecule has 2 rings (SSSR count). The van der Waals surface area contributed by atoms with Crippen LogP contribution in [0.4, 0.5) is 0 Å². The lowest BCUT2D eigenvalue weighted by molar-refractivity contribution is 0.0888. The fourth-order valence-electron chi connectivity index (χ4n) is 2.72. The van der Waals surface area contributed by atoms with Crippen molar-refractivity contribution in [1.82, 2.24) is 10.6 Å². The van der Waals surface area contributed by atoms with E-state index in [-0.39, 0.29) is 0 Å². The van der Waals surface area contributed by atoms with Crippen LogP contribution in [0.2, 0.25) is 0 Å². The lowest BCUT2D eigenvalue weighted by atomic mass is 10.1. The van der Waals surface area contributed by atoms with Crippen molar-refractivity contribution in [2.75, 3.05) is 46.6 Å². The molecule has 1 heterocycles. The topological polar surface area (TPSA) is 64.1 Å². The van der Waals surface area contributed by atoms with Crippen LogP contribution in [-0.2, 0) is 16.0 Å². The zero-order chi connectivity index (χ0) is 18.6. The number of aliphatic imine (C=N–C) groups is 1. The fraction of sp³-hybridized carbons (Fsp3) is 0.632. The van der Waals surface area contributed by atoms with Gasteiger partial charge in [0.2, 0.25) is 0 Å². The zero-order valence-electron chi connectivity index (χ0n) is 15.7. The Bertz CT molecular complexity index is 563. The van der Waals surface area contributed by atoms with Crippen molar-refractivity contribution in [3.63, 3.8) is 0 Å². The molecule has 0 radical (unpaired) electrons. The summed E-state index contributed by atoms with van der Waals surface area (Å²) in [5.41, 5.74) is 1.04. The number of nitrogens with one attached hydrogen (secondary N) is 2. The Balaban J connectivity index is 1.73. The van der Waals surface area contributed by atoms with Crippen molar-refractivity contribution < 1.29 is 14.2 Å². The molecule has 1 aromatic carbocycles. The number of guanidine groups is 1. The van der Waals surface area contributed by atoms with E-state index in [1.807, 2.05) is 18.2 Å². The van der Waals surface area contributed by atoms with Crippen molar-refractivity contribution in [3.8, 4) is 5.75 Å². The minimum absolute atomic E-state index is 0.552. The van der Waals surface area contributed by atoms with Gasteiger partial charge >= 0.3 is 0 Å². The van der Waals surface area contributed by atoms with Gasteiger partial charge in [0.15, 0.2) is 5.96 Å². The molecule has 0 amide bonds. The number of ether oxygens (including phenoxy) is 3. The van der Waals surface area contributed by atoms with Crippen molar-refractivity contribution in [3.05, 3.63) is 28.2 Å². The third-order valence-corrected chi connectivity index (χ3v) is 4.62. The fourth-order valence-corrected chi connectivity index (χ4v) is 3.13. The van der Waals surface area contributed by atoms with Gasteiger partial charge in [-0.2, -0.15) is 0 Å². The second-order valence-electron chi connectivity index (χ2n) is 6.24. The summed E-state index contributed by atoms with van der Waals surface area (Å²) in [4.78, 5) is 4.65. The molecule has 0 aliphatic carbocycles. The van der Waals surface area contributed by atoms with Gasteiger partial charge in [0.1, 0.15) is 5.75 Å². The number of hydrogen-bond donors (Lipinski definition) is 2. The summed E-state index contributed by atoms with van der Waals surface area (Å²) in [5, 5.41) is 6.62. The standard InChI is InChI=1S/C19H30BrN3O3/c1-3-21-19(22-8-4-9-25-13-15-7-10-26-14-15)23-12-16-11-17(20)5-6-18(16)24-2/h5-6,11,15H,3-4,7-10,12-14H2,1-2H3,(H2,21,22,23). The maximum Gasteiger partial charge on any atom is 0.191 e. The monoisotopic (exact) mass is 427 g/mol. The smallest absolute Gasteiger partial charge is 0.191 e. The van der Waals surface area contributed by atoms with E-state index in [0.29, 0.717) is 12.5 Å². The van der Waals surface area contributed by atoms with Crippen LogP contribution in [-0.4, -0.2) is 52.6 Å². The molecule has 2 N–H and O–H groups in total. The molecule has 0 saturated carbocycles. The minimum Gasteiger partial charge on any atom is -0.496 e. The Morgan fingerprint density at radius 3 is 3.00 bits per heavy atom. The van der Waals surface area contributed by atoms with Crippen molar-refractivity contribution in [2.45, 2.75) is 26.3 Å². The number of benzene rings is 1. The number of methoxy groups -OCH3 is 1. The van der Waals surface area contributed by atoms with Crippen LogP contribution in [0.15, 0.2) is 27.7 Å². The first kappa shape index (κ1) is 21.0. The summed E-state index contributed by atoms with van der Waals surface area (Å²) in [6, 6.07) is 5.95. The molecule has 1 unspecified atom stereocenters. The van der Waals surface area contributed by atoms with Gasteiger partial charge in [0.25, 0.3) is 0 Å². The molecule has 6 nitrogen and oxygen atoms in total. The molecule has 1 aromatic rings. The summed E-state index contributed by atoms with van der Waals surface area (Å²) < 4.78 is 17.5. The summed E-state index contributed by atoms with van der Waals surface area (Å²) in [6.07, 6.45) is 2.06. The number of hydrogen-bond acceptors (Lipinski definition) is 4. The van der Waals surface area contributed by atoms with E-state index >= 15 is 0 Å². The molecule has 7 heteroatoms. The van der Waals surface area contributed by atoms with Crippen LogP contribution >= 0.6 is 15.9 Å². The molecular formula is C19H30BrN3O3. The van der Waals surface area contributed by atoms with Crippen LogP contribution in [0.1, 0.15) is 25.3 Å². The van der Waals surface area contributed by atoms with E-state index in [4.69, 9.17) is 14.2 Å². The highest BCUT2D eigenvalue weighted by atomic mass is 79.9. The first-order valence-corrected chi connectivity index (χ1v) is 10.0. The second-order valence-corrected chi connectivity index (χ2v) is 7.15. The maximum atomic E-state index is 5.73. The second kappa shape index (κ2) is 12.1. The molecule has 1 fully saturated rings. The van der Waals surface area contributed by atoms with Gasteiger partial charge in [-0.05, 0) is 38.0 Å². The molecule has 1 aliphatic heterocycles. The van der Waals surface area contributed by atoms with Gasteiger partial charge in [0, 0.05) is 42.3 Å². The van der Waals surface area contributed by atoms with Gasteiger partial charge in [-0.3, -0.25) is 0 Å². The largest absolute Gasteiger partial charge is 0.496 e. The molecule has 1 atom stereocenters. The molecule has 146 valence electrons. The highest BCUT2D eigenvalue weighted by molar-refractivity contribution is 9.10. The first-order valence-electron chi connectivity index (χ1n) is 9.23. The van der Waals surface area contributed by atoms with E-state index in [2.05, 4.69) is 38.5 Å². The highest BCUT2D eigenvalue weighted by Gasteiger charge is 2.15. The van der Waals surface area contributed by atoms with Gasteiger partial charge < -0.3 is 24.8 Å². The molecule has 1 aliphatic rings. The van der Waals surface area contributed by atoms with E-state index in [1.54, 1.807) is 7.11 Å². The minimum atomic E-state index is 0.552. The lowest BCUT2D eigenvalue weighted by Gasteiger charge is -2.13. The maximum absolute atomic E-state index is 5.73. The Hall–Kier alpha value is -1.31. The van der Waals surface area contributed by atoms with Crippen molar-refractivity contribution in [1.29, 1.82) is 0 Å². The zero-order valence-corrected chi connectivity index (χ0v) is 17.3. The summed E-state index contributed by atoms with van der Waals surface area (Å²) in [7, 11) is 1.68. The highest BCUT2D eigenvalue weighted by Crippen LogP contribution is 2.23. The van der Waals surface area contributed by atoms with E-state index in [1.165, 1.54) is 0 Å². The summed E-state index contributed by atoms with van der Waals surface area (Å²) >= 11 is 3.50. The van der Waals surface area contributed by atoms with Crippen LogP contribution < -0.4 is 15.4 Å². The Morgan fingerprint density at radius 2 is 2.27 bits per heavy atom. The van der Waals surface area contributed by atoms with Crippen molar-refractivity contribution >= 4 is 21.9 Å². The van der Waals surface area contributed by atoms with Crippen LogP contribution in [0.5, 0.6) is 5.75 Å². The predicted molar refractivity (Wildman–Crippen MR) is 108 cm³/mol. The van der Waals surface area contributed by atoms with Gasteiger partial charge in [-0.25, -0.2) is 4.99 Å². The Kier molecular flexibility index (Phi) is 9.81. The summed E-state index contributed by atoms with van der Waals surface area (Å²) in [5.74, 6) is 2.22. The van der Waals surface area contributed by atoms with E-state index < -0.39 is 0 Å². The molecule has 26 heavy (non-hydrogen) atoms. The SMILES string of the molecule is CCNC(=NCc1cc(Br)ccc1OC)NCCCOCC1CCOC1. The average Bonchev–Trinajstić information content (AvgIpc) is 3.16. The van der Waals surface area contributed by atoms with E-state index in [9.17, 15) is 0 Å². The number of halogens is 1. The third-order valence-electron chi connectivity index (χ3n) is 4.13. The molecule has 1 saturated heterocycles. The van der Waals surface area contributed by atoms with Crippen LogP contribution in [0, 0.1) is 5.92 Å². The van der Waals surface area contributed by atoms with Gasteiger partial charge in [0.05, 0.1) is 26.9 Å². The predicted octanol–water partition coefficient (Wildman–Crippen LogP) is 2.96. The van der Waals surface area contributed by atoms with Gasteiger partial charge in [-0.1, -0.05) is 15.9 Å². The van der Waals surface area contributed by atoms with E-state index in [0.717, 1.165) is 74.1 Å². The van der Waals surface area contributed by atoms with Crippen molar-refractivity contribution in [2.24, 2.45) is 10.9 Å². The number of rotatable bonds is 10. The van der Waals surface area contributed by atoms with Crippen LogP contribution in [0.25, 0.3) is 0 Å². The van der Waals surface area contributed by atoms with Gasteiger partial charge in [-0.15, -0.1) is 0 Å². The quantitative estimate of drug-likeness (QED) is 0.341. The number of nitrogens with zero attached hydrogens (tertiary/aromatic N) is 1. The normalized spacial score (nSPS) is 17.3.